The van der Waals surface area contributed by atoms with Crippen LogP contribution in [0.25, 0.3) is 0 Å². The maximum Gasteiger partial charge on any atom is 0.416 e. The molecule has 0 aliphatic heterocycles. The minimum absolute atomic E-state index is 0.216. The number of hydrogen-bond donors (Lipinski definition) is 3. The summed E-state index contributed by atoms with van der Waals surface area (Å²) in [6, 6.07) is 1.37. The van der Waals surface area contributed by atoms with E-state index in [1.54, 1.807) is 6.08 Å². The lowest BCUT2D eigenvalue weighted by Crippen LogP contribution is -2.30. The van der Waals surface area contributed by atoms with Crippen LogP contribution in [0.3, 0.4) is 0 Å². The molecule has 0 bridgehead atoms. The van der Waals surface area contributed by atoms with Crippen LogP contribution in [0.5, 0.6) is 0 Å². The number of nitrogens with one attached hydrogen (secondary N) is 2. The average molecular weight is 302 g/mol. The van der Waals surface area contributed by atoms with Gasteiger partial charge >= 0.3 is 18.2 Å². The molecule has 114 valence electrons. The molecule has 1 aromatic carbocycles. The Balaban J connectivity index is 2.94. The van der Waals surface area contributed by atoms with E-state index in [1.807, 2.05) is 0 Å². The van der Waals surface area contributed by atoms with Gasteiger partial charge in [-0.25, -0.2) is 9.59 Å². The smallest absolute Gasteiger partial charge is 0.416 e. The molecule has 0 spiro atoms. The van der Waals surface area contributed by atoms with Gasteiger partial charge in [0.05, 0.1) is 16.8 Å². The topological polar surface area (TPSA) is 78.4 Å². The molecular formula is C13H13F3N2O3. The van der Waals surface area contributed by atoms with E-state index in [9.17, 15) is 22.8 Å². The first kappa shape index (κ1) is 16.5. The third-order valence-electron chi connectivity index (χ3n) is 2.46. The number of amides is 2. The SMILES string of the molecule is C=CCCNC(=O)Nc1ccc(C(F)(F)F)cc1C(=O)O. The zero-order valence-electron chi connectivity index (χ0n) is 10.8. The zero-order chi connectivity index (χ0) is 16.0. The minimum atomic E-state index is -4.66. The summed E-state index contributed by atoms with van der Waals surface area (Å²) < 4.78 is 37.6. The third kappa shape index (κ3) is 4.83. The minimum Gasteiger partial charge on any atom is -0.478 e. The van der Waals surface area contributed by atoms with Crippen molar-refractivity contribution in [2.75, 3.05) is 11.9 Å². The number of carboxylic acids is 1. The van der Waals surface area contributed by atoms with Crippen molar-refractivity contribution in [3.8, 4) is 0 Å². The zero-order valence-corrected chi connectivity index (χ0v) is 10.8. The van der Waals surface area contributed by atoms with Gasteiger partial charge in [-0.05, 0) is 24.6 Å². The quantitative estimate of drug-likeness (QED) is 0.577. The Bertz CT molecular complexity index is 556. The predicted molar refractivity (Wildman–Crippen MR) is 70.2 cm³/mol. The molecule has 21 heavy (non-hydrogen) atoms. The molecule has 0 aliphatic carbocycles. The molecule has 1 aromatic rings. The fourth-order valence-corrected chi connectivity index (χ4v) is 1.46. The first-order valence-corrected chi connectivity index (χ1v) is 5.86. The van der Waals surface area contributed by atoms with E-state index in [-0.39, 0.29) is 12.2 Å². The fourth-order valence-electron chi connectivity index (χ4n) is 1.46. The molecule has 5 nitrogen and oxygen atoms in total. The van der Waals surface area contributed by atoms with E-state index in [1.165, 1.54) is 0 Å². The number of rotatable bonds is 5. The molecule has 0 saturated carbocycles. The summed E-state index contributed by atoms with van der Waals surface area (Å²) >= 11 is 0. The number of carbonyl (C=O) groups is 2. The molecule has 0 atom stereocenters. The van der Waals surface area contributed by atoms with Gasteiger partial charge in [0.2, 0.25) is 0 Å². The monoisotopic (exact) mass is 302 g/mol. The Labute approximate surface area is 118 Å². The Hall–Kier alpha value is -2.51. The largest absolute Gasteiger partial charge is 0.478 e. The summed E-state index contributed by atoms with van der Waals surface area (Å²) in [6.45, 7) is 3.73. The van der Waals surface area contributed by atoms with Crippen molar-refractivity contribution in [2.24, 2.45) is 0 Å². The van der Waals surface area contributed by atoms with Crippen LogP contribution in [0.4, 0.5) is 23.7 Å². The molecule has 8 heteroatoms. The second-order valence-electron chi connectivity index (χ2n) is 4.02. The number of aromatic carboxylic acids is 1. The van der Waals surface area contributed by atoms with E-state index in [0.717, 1.165) is 6.07 Å². The van der Waals surface area contributed by atoms with Gasteiger partial charge in [-0.2, -0.15) is 13.2 Å². The van der Waals surface area contributed by atoms with Crippen molar-refractivity contribution >= 4 is 17.7 Å². The number of alkyl halides is 3. The Kier molecular flexibility index (Phi) is 5.34. The van der Waals surface area contributed by atoms with Gasteiger partial charge in [0.1, 0.15) is 0 Å². The lowest BCUT2D eigenvalue weighted by Gasteiger charge is -2.12. The highest BCUT2D eigenvalue weighted by atomic mass is 19.4. The van der Waals surface area contributed by atoms with E-state index in [0.29, 0.717) is 18.6 Å². The van der Waals surface area contributed by atoms with Gasteiger partial charge in [0.15, 0.2) is 0 Å². The first-order valence-electron chi connectivity index (χ1n) is 5.86. The van der Waals surface area contributed by atoms with Crippen LogP contribution in [0.1, 0.15) is 22.3 Å². The average Bonchev–Trinajstić information content (AvgIpc) is 2.37. The maximum absolute atomic E-state index is 12.5. The second-order valence-corrected chi connectivity index (χ2v) is 4.02. The standard InChI is InChI=1S/C13H13F3N2O3/c1-2-3-6-17-12(21)18-10-5-4-8(13(14,15)16)7-9(10)11(19)20/h2,4-5,7H,1,3,6H2,(H,19,20)(H2,17,18,21). The van der Waals surface area contributed by atoms with Gasteiger partial charge in [-0.15, -0.1) is 6.58 Å². The summed E-state index contributed by atoms with van der Waals surface area (Å²) in [5.74, 6) is -1.57. The van der Waals surface area contributed by atoms with Crippen LogP contribution in [0, 0.1) is 0 Å². The summed E-state index contributed by atoms with van der Waals surface area (Å²) in [6.07, 6.45) is -2.58. The predicted octanol–water partition coefficient (Wildman–Crippen LogP) is 3.10. The summed E-state index contributed by atoms with van der Waals surface area (Å²) in [7, 11) is 0. The van der Waals surface area contributed by atoms with Crippen molar-refractivity contribution in [2.45, 2.75) is 12.6 Å². The molecule has 0 fully saturated rings. The molecule has 0 saturated heterocycles. The van der Waals surface area contributed by atoms with Gasteiger partial charge in [-0.1, -0.05) is 6.08 Å². The number of carbonyl (C=O) groups excluding carboxylic acids is 1. The van der Waals surface area contributed by atoms with Gasteiger partial charge in [0, 0.05) is 6.54 Å². The summed E-state index contributed by atoms with van der Waals surface area (Å²) in [5, 5.41) is 13.5. The molecule has 0 aromatic heterocycles. The first-order chi connectivity index (χ1) is 9.75. The van der Waals surface area contributed by atoms with Gasteiger partial charge in [0.25, 0.3) is 0 Å². The van der Waals surface area contributed by atoms with Crippen molar-refractivity contribution in [1.29, 1.82) is 0 Å². The number of benzene rings is 1. The van der Waals surface area contributed by atoms with Crippen LogP contribution in [0.2, 0.25) is 0 Å². The van der Waals surface area contributed by atoms with Crippen molar-refractivity contribution in [3.63, 3.8) is 0 Å². The van der Waals surface area contributed by atoms with Crippen LogP contribution in [0.15, 0.2) is 30.9 Å². The van der Waals surface area contributed by atoms with Crippen LogP contribution in [-0.4, -0.2) is 23.7 Å². The Morgan fingerprint density at radius 1 is 1.33 bits per heavy atom. The lowest BCUT2D eigenvalue weighted by atomic mass is 10.1. The highest BCUT2D eigenvalue weighted by Crippen LogP contribution is 2.31. The van der Waals surface area contributed by atoms with Gasteiger partial charge < -0.3 is 15.7 Å². The van der Waals surface area contributed by atoms with Crippen molar-refractivity contribution < 1.29 is 27.9 Å². The number of hydrogen-bond acceptors (Lipinski definition) is 2. The van der Waals surface area contributed by atoms with E-state index in [2.05, 4.69) is 17.2 Å². The number of urea groups is 1. The molecule has 2 amide bonds. The van der Waals surface area contributed by atoms with E-state index < -0.39 is 29.3 Å². The van der Waals surface area contributed by atoms with E-state index >= 15 is 0 Å². The molecular weight excluding hydrogens is 289 g/mol. The van der Waals surface area contributed by atoms with Crippen molar-refractivity contribution in [3.05, 3.63) is 42.0 Å². The maximum atomic E-state index is 12.5. The van der Waals surface area contributed by atoms with Crippen LogP contribution < -0.4 is 10.6 Å². The Morgan fingerprint density at radius 3 is 2.52 bits per heavy atom. The number of carboxylic acid groups (broad SMARTS) is 1. The molecule has 1 rings (SSSR count). The molecule has 0 heterocycles. The van der Waals surface area contributed by atoms with E-state index in [4.69, 9.17) is 5.11 Å². The van der Waals surface area contributed by atoms with Crippen molar-refractivity contribution in [1.82, 2.24) is 5.32 Å². The highest BCUT2D eigenvalue weighted by Gasteiger charge is 2.32. The summed E-state index contributed by atoms with van der Waals surface area (Å²) in [5.41, 5.74) is -1.95. The normalized spacial score (nSPS) is 10.8. The van der Waals surface area contributed by atoms with Gasteiger partial charge in [-0.3, -0.25) is 0 Å². The molecule has 0 unspecified atom stereocenters. The fraction of sp³-hybridized carbons (Fsp3) is 0.231. The molecule has 3 N–H and O–H groups in total. The second kappa shape index (κ2) is 6.78. The number of halogens is 3. The summed E-state index contributed by atoms with van der Waals surface area (Å²) in [4.78, 5) is 22.5. The molecule has 0 aliphatic rings. The van der Waals surface area contributed by atoms with Crippen LogP contribution >= 0.6 is 0 Å². The molecule has 0 radical (unpaired) electrons. The highest BCUT2D eigenvalue weighted by molar-refractivity contribution is 6.00. The van der Waals surface area contributed by atoms with Crippen LogP contribution in [-0.2, 0) is 6.18 Å². The third-order valence-corrected chi connectivity index (χ3v) is 2.46. The lowest BCUT2D eigenvalue weighted by molar-refractivity contribution is -0.137. The Morgan fingerprint density at radius 2 is 2.00 bits per heavy atom. The number of anilines is 1.